The van der Waals surface area contributed by atoms with Crippen molar-refractivity contribution >= 4 is 39.5 Å². The standard InChI is InChI=1S/C68H132O17P2/c1-9-59(6)45-37-29-20-18-16-14-12-13-15-17-19-21-34-42-50-67(72)84-63(54-78-65(70)48-40-32-26-23-30-38-46-60(7)10-2)56-82-86(74,75)80-52-62(69)53-81-87(76,77)83-57-64(85-68(73)51-43-35-25-22-28-36-44-58(4)5)55-79-66(71)49-41-33-27-24-31-39-47-61(8)11-3/h58-64,69H,9-57H2,1-8H3,(H,74,75)(H,76,77)/t59?,60?,61?,62-,63-,64-/m1/s1. The SMILES string of the molecule is CCC(C)CCCCCCCCCCCCCCCCC(=O)O[C@H](COC(=O)CCCCCCCCC(C)CC)COP(=O)(O)OC[C@@H](O)COP(=O)(O)OC[C@@H](COC(=O)CCCCCCCCC(C)CC)OC(=O)CCCCCCCCC(C)C. The van der Waals surface area contributed by atoms with Crippen LogP contribution in [0.2, 0.25) is 0 Å². The maximum atomic E-state index is 13.0. The molecule has 0 aliphatic rings. The molecule has 0 spiro atoms. The Morgan fingerprint density at radius 1 is 0.322 bits per heavy atom. The summed E-state index contributed by atoms with van der Waals surface area (Å²) in [4.78, 5) is 72.3. The van der Waals surface area contributed by atoms with Crippen LogP contribution in [0.4, 0.5) is 0 Å². The van der Waals surface area contributed by atoms with Crippen molar-refractivity contribution in [1.29, 1.82) is 0 Å². The molecule has 17 nitrogen and oxygen atoms in total. The molecule has 87 heavy (non-hydrogen) atoms. The first-order valence-corrected chi connectivity index (χ1v) is 38.3. The van der Waals surface area contributed by atoms with E-state index in [2.05, 4.69) is 55.4 Å². The van der Waals surface area contributed by atoms with Gasteiger partial charge in [0.2, 0.25) is 0 Å². The summed E-state index contributed by atoms with van der Waals surface area (Å²) in [6, 6.07) is 0. The molecule has 0 amide bonds. The van der Waals surface area contributed by atoms with Gasteiger partial charge in [0.1, 0.15) is 19.3 Å². The van der Waals surface area contributed by atoms with Gasteiger partial charge in [0.15, 0.2) is 12.2 Å². The highest BCUT2D eigenvalue weighted by molar-refractivity contribution is 7.47. The summed E-state index contributed by atoms with van der Waals surface area (Å²) in [5, 5.41) is 10.6. The average Bonchev–Trinajstić information content (AvgIpc) is 3.71. The number of ether oxygens (including phenoxy) is 4. The van der Waals surface area contributed by atoms with Crippen LogP contribution in [0.25, 0.3) is 0 Å². The number of phosphoric ester groups is 2. The van der Waals surface area contributed by atoms with Crippen LogP contribution in [-0.4, -0.2) is 96.7 Å². The van der Waals surface area contributed by atoms with E-state index < -0.39 is 97.5 Å². The lowest BCUT2D eigenvalue weighted by Gasteiger charge is -2.21. The van der Waals surface area contributed by atoms with Gasteiger partial charge in [0, 0.05) is 25.7 Å². The van der Waals surface area contributed by atoms with Gasteiger partial charge < -0.3 is 33.8 Å². The average molecular weight is 1280 g/mol. The van der Waals surface area contributed by atoms with Gasteiger partial charge in [-0.25, -0.2) is 9.13 Å². The summed E-state index contributed by atoms with van der Waals surface area (Å²) >= 11 is 0. The first-order chi connectivity index (χ1) is 41.7. The van der Waals surface area contributed by atoms with Gasteiger partial charge in [-0.2, -0.15) is 0 Å². The molecule has 0 heterocycles. The van der Waals surface area contributed by atoms with E-state index >= 15 is 0 Å². The van der Waals surface area contributed by atoms with E-state index in [4.69, 9.17) is 37.0 Å². The Balaban J connectivity index is 5.21. The molecule has 0 aromatic rings. The van der Waals surface area contributed by atoms with Gasteiger partial charge in [0.05, 0.1) is 26.4 Å². The molecule has 8 atom stereocenters. The molecule has 0 bridgehead atoms. The molecular weight excluding hydrogens is 1150 g/mol. The summed E-state index contributed by atoms with van der Waals surface area (Å²) in [6.45, 7) is 14.0. The number of carbonyl (C=O) groups is 4. The second-order valence-electron chi connectivity index (χ2n) is 25.8. The van der Waals surface area contributed by atoms with Crippen molar-refractivity contribution in [1.82, 2.24) is 0 Å². The zero-order valence-corrected chi connectivity index (χ0v) is 58.4. The number of phosphoric acid groups is 2. The maximum Gasteiger partial charge on any atom is 0.472 e. The molecule has 0 aliphatic carbocycles. The van der Waals surface area contributed by atoms with Gasteiger partial charge in [-0.05, 0) is 49.4 Å². The van der Waals surface area contributed by atoms with Crippen LogP contribution >= 0.6 is 15.6 Å². The minimum absolute atomic E-state index is 0.101. The number of rotatable bonds is 65. The minimum Gasteiger partial charge on any atom is -0.462 e. The molecule has 0 aliphatic heterocycles. The quantitative estimate of drug-likeness (QED) is 0.0222. The van der Waals surface area contributed by atoms with Crippen LogP contribution < -0.4 is 0 Å². The fourth-order valence-electron chi connectivity index (χ4n) is 10.0. The van der Waals surface area contributed by atoms with Crippen LogP contribution in [0, 0.1) is 23.7 Å². The van der Waals surface area contributed by atoms with Crippen molar-refractivity contribution in [2.24, 2.45) is 23.7 Å². The lowest BCUT2D eigenvalue weighted by atomic mass is 9.99. The number of hydrogen-bond donors (Lipinski definition) is 3. The summed E-state index contributed by atoms with van der Waals surface area (Å²) in [5.74, 6) is 0.838. The van der Waals surface area contributed by atoms with E-state index in [1.807, 2.05) is 0 Å². The Labute approximate surface area is 530 Å². The van der Waals surface area contributed by atoms with Crippen molar-refractivity contribution in [3.8, 4) is 0 Å². The molecular formula is C68H132O17P2. The third-order valence-corrected chi connectivity index (χ3v) is 18.6. The van der Waals surface area contributed by atoms with E-state index in [0.717, 1.165) is 120 Å². The second kappa shape index (κ2) is 57.9. The van der Waals surface area contributed by atoms with E-state index in [9.17, 15) is 43.2 Å². The van der Waals surface area contributed by atoms with E-state index in [1.54, 1.807) is 0 Å². The largest absolute Gasteiger partial charge is 0.472 e. The smallest absolute Gasteiger partial charge is 0.462 e. The molecule has 3 N–H and O–H groups in total. The lowest BCUT2D eigenvalue weighted by Crippen LogP contribution is -2.30. The minimum atomic E-state index is -4.95. The Hall–Kier alpha value is -1.94. The number of esters is 4. The molecule has 0 rings (SSSR count). The number of aliphatic hydroxyl groups excluding tert-OH is 1. The topological polar surface area (TPSA) is 237 Å². The van der Waals surface area contributed by atoms with Crippen molar-refractivity contribution < 1.29 is 80.2 Å². The number of unbranched alkanes of at least 4 members (excludes halogenated alkanes) is 28. The third-order valence-electron chi connectivity index (χ3n) is 16.7. The molecule has 0 aromatic heterocycles. The molecule has 0 aromatic carbocycles. The van der Waals surface area contributed by atoms with Crippen molar-refractivity contribution in [3.63, 3.8) is 0 Å². The van der Waals surface area contributed by atoms with Crippen molar-refractivity contribution in [2.45, 2.75) is 350 Å². The fourth-order valence-corrected chi connectivity index (χ4v) is 11.6. The molecule has 19 heteroatoms. The van der Waals surface area contributed by atoms with Crippen molar-refractivity contribution in [3.05, 3.63) is 0 Å². The Morgan fingerprint density at radius 2 is 0.552 bits per heavy atom. The molecule has 0 radical (unpaired) electrons. The zero-order chi connectivity index (χ0) is 64.7. The highest BCUT2D eigenvalue weighted by atomic mass is 31.2. The number of hydrogen-bond acceptors (Lipinski definition) is 15. The zero-order valence-electron chi connectivity index (χ0n) is 56.6. The lowest BCUT2D eigenvalue weighted by molar-refractivity contribution is -0.161. The van der Waals surface area contributed by atoms with E-state index in [-0.39, 0.29) is 25.7 Å². The first kappa shape index (κ1) is 85.1. The summed E-state index contributed by atoms with van der Waals surface area (Å²) in [7, 11) is -9.90. The predicted octanol–water partition coefficient (Wildman–Crippen LogP) is 18.9. The molecule has 0 fully saturated rings. The number of aliphatic hydroxyl groups is 1. The Bertz CT molecular complexity index is 1740. The van der Waals surface area contributed by atoms with Crippen LogP contribution in [0.15, 0.2) is 0 Å². The second-order valence-corrected chi connectivity index (χ2v) is 28.7. The first-order valence-electron chi connectivity index (χ1n) is 35.3. The van der Waals surface area contributed by atoms with Gasteiger partial charge in [0.25, 0.3) is 0 Å². The third kappa shape index (κ3) is 58.9. The van der Waals surface area contributed by atoms with Gasteiger partial charge in [-0.1, -0.05) is 280 Å². The van der Waals surface area contributed by atoms with Crippen LogP contribution in [-0.2, 0) is 65.4 Å². The Kier molecular flexibility index (Phi) is 56.6. The van der Waals surface area contributed by atoms with Gasteiger partial charge >= 0.3 is 39.5 Å². The van der Waals surface area contributed by atoms with Crippen molar-refractivity contribution in [2.75, 3.05) is 39.6 Å². The molecule has 0 saturated carbocycles. The normalized spacial score (nSPS) is 15.3. The molecule has 0 saturated heterocycles. The predicted molar refractivity (Wildman–Crippen MR) is 349 cm³/mol. The molecule has 5 unspecified atom stereocenters. The summed E-state index contributed by atoms with van der Waals surface area (Å²) < 4.78 is 68.1. The molecule has 516 valence electrons. The van der Waals surface area contributed by atoms with Gasteiger partial charge in [-0.3, -0.25) is 37.3 Å². The monoisotopic (exact) mass is 1280 g/mol. The van der Waals surface area contributed by atoms with Crippen LogP contribution in [0.1, 0.15) is 331 Å². The summed E-state index contributed by atoms with van der Waals surface area (Å²) in [6.07, 6.45) is 39.2. The van der Waals surface area contributed by atoms with E-state index in [1.165, 1.54) is 122 Å². The highest BCUT2D eigenvalue weighted by Crippen LogP contribution is 2.45. The van der Waals surface area contributed by atoms with Gasteiger partial charge in [-0.15, -0.1) is 0 Å². The fraction of sp³-hybridized carbons (Fsp3) is 0.941. The summed E-state index contributed by atoms with van der Waals surface area (Å²) in [5.41, 5.74) is 0. The maximum absolute atomic E-state index is 13.0. The Morgan fingerprint density at radius 3 is 0.816 bits per heavy atom. The van der Waals surface area contributed by atoms with Crippen LogP contribution in [0.3, 0.4) is 0 Å². The number of carbonyl (C=O) groups excluding carboxylic acids is 4. The highest BCUT2D eigenvalue weighted by Gasteiger charge is 2.30. The van der Waals surface area contributed by atoms with E-state index in [0.29, 0.717) is 31.6 Å². The van der Waals surface area contributed by atoms with Crippen LogP contribution in [0.5, 0.6) is 0 Å².